The first-order chi connectivity index (χ1) is 11.2. The van der Waals surface area contributed by atoms with Gasteiger partial charge in [-0.1, -0.05) is 27.7 Å². The first-order valence-electron chi connectivity index (χ1n) is 8.81. The minimum atomic E-state index is -0.599. The second-order valence-corrected chi connectivity index (χ2v) is 7.24. The summed E-state index contributed by atoms with van der Waals surface area (Å²) in [7, 11) is 0. The van der Waals surface area contributed by atoms with Crippen LogP contribution < -0.4 is 16.4 Å². The van der Waals surface area contributed by atoms with E-state index >= 15 is 0 Å². The van der Waals surface area contributed by atoms with Crippen LogP contribution in [0.25, 0.3) is 0 Å². The summed E-state index contributed by atoms with van der Waals surface area (Å²) >= 11 is 0. The third kappa shape index (κ3) is 6.47. The van der Waals surface area contributed by atoms with E-state index in [1.807, 2.05) is 27.7 Å². The molecule has 0 bridgehead atoms. The van der Waals surface area contributed by atoms with E-state index < -0.39 is 6.04 Å². The first-order valence-corrected chi connectivity index (χ1v) is 8.81. The Kier molecular flexibility index (Phi) is 8.18. The van der Waals surface area contributed by atoms with E-state index in [0.29, 0.717) is 19.6 Å². The lowest BCUT2D eigenvalue weighted by molar-refractivity contribution is -0.134. The van der Waals surface area contributed by atoms with Crippen molar-refractivity contribution in [2.75, 3.05) is 26.2 Å². The highest BCUT2D eigenvalue weighted by molar-refractivity contribution is 5.87. The van der Waals surface area contributed by atoms with Crippen LogP contribution in [-0.4, -0.2) is 54.8 Å². The van der Waals surface area contributed by atoms with Crippen LogP contribution in [0, 0.1) is 17.8 Å². The molecule has 7 nitrogen and oxygen atoms in total. The lowest BCUT2D eigenvalue weighted by Crippen LogP contribution is -2.50. The highest BCUT2D eigenvalue weighted by Crippen LogP contribution is 2.16. The second kappa shape index (κ2) is 9.61. The van der Waals surface area contributed by atoms with Crippen molar-refractivity contribution >= 4 is 17.7 Å². The maximum atomic E-state index is 12.3. The number of likely N-dealkylation sites (tertiary alicyclic amines) is 1. The number of amides is 3. The molecule has 1 aliphatic rings. The van der Waals surface area contributed by atoms with Gasteiger partial charge in [0.25, 0.3) is 0 Å². The normalized spacial score (nSPS) is 19.3. The molecule has 138 valence electrons. The summed E-state index contributed by atoms with van der Waals surface area (Å²) in [6, 6.07) is -0.599. The van der Waals surface area contributed by atoms with Crippen molar-refractivity contribution in [1.82, 2.24) is 15.5 Å². The molecule has 1 fully saturated rings. The number of nitrogens with zero attached hydrogens (tertiary/aromatic N) is 1. The summed E-state index contributed by atoms with van der Waals surface area (Å²) in [6.45, 7) is 9.32. The predicted molar refractivity (Wildman–Crippen MR) is 93.0 cm³/mol. The van der Waals surface area contributed by atoms with Gasteiger partial charge in [0, 0.05) is 25.6 Å². The monoisotopic (exact) mass is 340 g/mol. The number of piperidine rings is 1. The summed E-state index contributed by atoms with van der Waals surface area (Å²) in [5.74, 6) is -0.0987. The van der Waals surface area contributed by atoms with Crippen LogP contribution in [0.1, 0.15) is 40.5 Å². The van der Waals surface area contributed by atoms with Crippen LogP contribution in [0.2, 0.25) is 0 Å². The zero-order valence-electron chi connectivity index (χ0n) is 15.3. The fraction of sp³-hybridized carbons (Fsp3) is 0.824. The molecule has 0 aromatic heterocycles. The van der Waals surface area contributed by atoms with Gasteiger partial charge in [0.1, 0.15) is 0 Å². The van der Waals surface area contributed by atoms with Gasteiger partial charge in [-0.15, -0.1) is 0 Å². The third-order valence-electron chi connectivity index (χ3n) is 4.40. The Morgan fingerprint density at radius 1 is 1.12 bits per heavy atom. The lowest BCUT2D eigenvalue weighted by Gasteiger charge is -2.33. The number of hydrogen-bond donors (Lipinski definition) is 3. The maximum Gasteiger partial charge on any atom is 0.241 e. The number of hydrogen-bond acceptors (Lipinski definition) is 4. The molecule has 1 heterocycles. The van der Waals surface area contributed by atoms with E-state index in [-0.39, 0.29) is 42.0 Å². The van der Waals surface area contributed by atoms with Gasteiger partial charge in [-0.2, -0.15) is 0 Å². The van der Waals surface area contributed by atoms with Crippen molar-refractivity contribution in [2.45, 2.75) is 46.6 Å². The van der Waals surface area contributed by atoms with Crippen LogP contribution in [0.5, 0.6) is 0 Å². The van der Waals surface area contributed by atoms with Gasteiger partial charge in [-0.05, 0) is 24.7 Å². The highest BCUT2D eigenvalue weighted by atomic mass is 16.2. The Labute approximate surface area is 144 Å². The smallest absolute Gasteiger partial charge is 0.241 e. The molecule has 0 aromatic rings. The van der Waals surface area contributed by atoms with Gasteiger partial charge in [-0.3, -0.25) is 14.4 Å². The average Bonchev–Trinajstić information content (AvgIpc) is 2.56. The molecule has 4 N–H and O–H groups in total. The van der Waals surface area contributed by atoms with Gasteiger partial charge < -0.3 is 21.3 Å². The van der Waals surface area contributed by atoms with E-state index in [9.17, 15) is 14.4 Å². The van der Waals surface area contributed by atoms with Crippen molar-refractivity contribution in [3.8, 4) is 0 Å². The van der Waals surface area contributed by atoms with Crippen molar-refractivity contribution in [3.63, 3.8) is 0 Å². The molecule has 1 rings (SSSR count). The van der Waals surface area contributed by atoms with Crippen LogP contribution in [-0.2, 0) is 14.4 Å². The number of nitrogens with one attached hydrogen (secondary N) is 2. The Morgan fingerprint density at radius 3 is 2.38 bits per heavy atom. The molecular weight excluding hydrogens is 308 g/mol. The standard InChI is InChI=1S/C17H32N4O3/c1-11(2)15(18)17(24)20-9-14(22)21-7-5-6-13(10-21)8-19-16(23)12(3)4/h11-13,15H,5-10,18H2,1-4H3,(H,19,23)(H,20,24)/t13?,15-/m0/s1. The van der Waals surface area contributed by atoms with Crippen molar-refractivity contribution < 1.29 is 14.4 Å². The third-order valence-corrected chi connectivity index (χ3v) is 4.40. The minimum absolute atomic E-state index is 0.0235. The molecule has 0 aromatic carbocycles. The maximum absolute atomic E-state index is 12.3. The van der Waals surface area contributed by atoms with Crippen molar-refractivity contribution in [3.05, 3.63) is 0 Å². The number of nitrogens with two attached hydrogens (primary N) is 1. The van der Waals surface area contributed by atoms with Crippen LogP contribution >= 0.6 is 0 Å². The van der Waals surface area contributed by atoms with E-state index in [1.165, 1.54) is 0 Å². The average molecular weight is 340 g/mol. The fourth-order valence-corrected chi connectivity index (χ4v) is 2.60. The quantitative estimate of drug-likeness (QED) is 0.611. The molecule has 1 saturated heterocycles. The molecule has 7 heteroatoms. The molecule has 1 aliphatic heterocycles. The minimum Gasteiger partial charge on any atom is -0.356 e. The number of rotatable bonds is 7. The van der Waals surface area contributed by atoms with Crippen LogP contribution in [0.15, 0.2) is 0 Å². The first kappa shape index (κ1) is 20.4. The number of carbonyl (C=O) groups is 3. The largest absolute Gasteiger partial charge is 0.356 e. The fourth-order valence-electron chi connectivity index (χ4n) is 2.60. The Balaban J connectivity index is 2.39. The topological polar surface area (TPSA) is 105 Å². The summed E-state index contributed by atoms with van der Waals surface area (Å²) in [5, 5.41) is 5.54. The molecule has 24 heavy (non-hydrogen) atoms. The van der Waals surface area contributed by atoms with Gasteiger partial charge >= 0.3 is 0 Å². The lowest BCUT2D eigenvalue weighted by atomic mass is 9.97. The SMILES string of the molecule is CC(C)C(=O)NCC1CCCN(C(=O)CNC(=O)[C@@H](N)C(C)C)C1. The van der Waals surface area contributed by atoms with E-state index in [0.717, 1.165) is 12.8 Å². The molecule has 0 radical (unpaired) electrons. The molecule has 0 spiro atoms. The molecule has 0 saturated carbocycles. The van der Waals surface area contributed by atoms with E-state index in [2.05, 4.69) is 10.6 Å². The van der Waals surface area contributed by atoms with Crippen LogP contribution in [0.4, 0.5) is 0 Å². The predicted octanol–water partition coefficient (Wildman–Crippen LogP) is 0.0967. The molecule has 1 unspecified atom stereocenters. The zero-order chi connectivity index (χ0) is 18.3. The molecule has 2 atom stereocenters. The van der Waals surface area contributed by atoms with Gasteiger partial charge in [0.2, 0.25) is 17.7 Å². The van der Waals surface area contributed by atoms with Crippen molar-refractivity contribution in [2.24, 2.45) is 23.5 Å². The Hall–Kier alpha value is -1.63. The van der Waals surface area contributed by atoms with Gasteiger partial charge in [0.05, 0.1) is 12.6 Å². The zero-order valence-corrected chi connectivity index (χ0v) is 15.3. The molecule has 0 aliphatic carbocycles. The summed E-state index contributed by atoms with van der Waals surface area (Å²) in [5.41, 5.74) is 5.76. The number of carbonyl (C=O) groups excluding carboxylic acids is 3. The highest BCUT2D eigenvalue weighted by Gasteiger charge is 2.25. The summed E-state index contributed by atoms with van der Waals surface area (Å²) in [6.07, 6.45) is 1.90. The van der Waals surface area contributed by atoms with Gasteiger partial charge in [0.15, 0.2) is 0 Å². The Bertz CT molecular complexity index is 451. The summed E-state index contributed by atoms with van der Waals surface area (Å²) < 4.78 is 0. The van der Waals surface area contributed by atoms with Crippen LogP contribution in [0.3, 0.4) is 0 Å². The second-order valence-electron chi connectivity index (χ2n) is 7.24. The van der Waals surface area contributed by atoms with Gasteiger partial charge in [-0.25, -0.2) is 0 Å². The molecular formula is C17H32N4O3. The Morgan fingerprint density at radius 2 is 1.79 bits per heavy atom. The van der Waals surface area contributed by atoms with E-state index in [4.69, 9.17) is 5.73 Å². The van der Waals surface area contributed by atoms with Crippen molar-refractivity contribution in [1.29, 1.82) is 0 Å². The van der Waals surface area contributed by atoms with E-state index in [1.54, 1.807) is 4.90 Å². The summed E-state index contributed by atoms with van der Waals surface area (Å²) in [4.78, 5) is 37.5. The molecule has 3 amide bonds.